The van der Waals surface area contributed by atoms with Gasteiger partial charge in [0.15, 0.2) is 5.41 Å². The summed E-state index contributed by atoms with van der Waals surface area (Å²) >= 11 is 0. The van der Waals surface area contributed by atoms with Gasteiger partial charge in [-0.15, -0.1) is 0 Å². The Bertz CT molecular complexity index is 1580. The molecule has 2 aromatic carbocycles. The lowest BCUT2D eigenvalue weighted by atomic mass is 9.68. The van der Waals surface area contributed by atoms with Gasteiger partial charge in [0.25, 0.3) is 11.8 Å². The van der Waals surface area contributed by atoms with E-state index in [9.17, 15) is 28.8 Å². The number of carbonyl (C=O) groups is 6. The molecule has 3 saturated heterocycles. The third-order valence-corrected chi connectivity index (χ3v) is 9.23. The van der Waals surface area contributed by atoms with E-state index in [1.807, 2.05) is 36.4 Å². The number of urea groups is 2. The Morgan fingerprint density at radius 3 is 2.37 bits per heavy atom. The van der Waals surface area contributed by atoms with E-state index in [1.165, 1.54) is 20.2 Å². The summed E-state index contributed by atoms with van der Waals surface area (Å²) in [6, 6.07) is 12.9. The van der Waals surface area contributed by atoms with Gasteiger partial charge in [0.2, 0.25) is 11.8 Å². The van der Waals surface area contributed by atoms with Crippen molar-refractivity contribution in [1.29, 1.82) is 0 Å². The zero-order valence-electron chi connectivity index (χ0n) is 24.3. The molecule has 0 radical (unpaired) electrons. The van der Waals surface area contributed by atoms with E-state index in [0.717, 1.165) is 32.4 Å². The number of rotatable bonds is 5. The van der Waals surface area contributed by atoms with E-state index in [0.29, 0.717) is 36.9 Å². The number of hydrogen-bond acceptors (Lipinski definition) is 7. The summed E-state index contributed by atoms with van der Waals surface area (Å²) in [7, 11) is 2.79. The van der Waals surface area contributed by atoms with Crippen molar-refractivity contribution in [2.24, 2.45) is 5.41 Å². The predicted molar refractivity (Wildman–Crippen MR) is 156 cm³/mol. The van der Waals surface area contributed by atoms with Gasteiger partial charge in [-0.3, -0.25) is 39.2 Å². The molecule has 8 amide bonds. The van der Waals surface area contributed by atoms with Crippen LogP contribution in [0.2, 0.25) is 0 Å². The van der Waals surface area contributed by atoms with Gasteiger partial charge in [-0.1, -0.05) is 36.4 Å². The molecule has 0 saturated carbocycles. The summed E-state index contributed by atoms with van der Waals surface area (Å²) < 4.78 is 0. The van der Waals surface area contributed by atoms with E-state index >= 15 is 0 Å². The molecule has 1 N–H and O–H groups in total. The van der Waals surface area contributed by atoms with Gasteiger partial charge in [-0.05, 0) is 73.9 Å². The zero-order chi connectivity index (χ0) is 30.6. The lowest BCUT2D eigenvalue weighted by Crippen LogP contribution is -2.70. The first-order valence-corrected chi connectivity index (χ1v) is 14.5. The fourth-order valence-corrected chi connectivity index (χ4v) is 7.02. The second-order valence-corrected chi connectivity index (χ2v) is 11.8. The number of carbonyl (C=O) groups excluding carboxylic acids is 6. The Morgan fingerprint density at radius 1 is 0.977 bits per heavy atom. The van der Waals surface area contributed by atoms with Crippen molar-refractivity contribution in [2.45, 2.75) is 51.1 Å². The molecule has 0 aliphatic carbocycles. The van der Waals surface area contributed by atoms with Crippen LogP contribution in [0, 0.1) is 5.41 Å². The number of fused-ring (bicyclic) bond motifs is 4. The first kappa shape index (κ1) is 28.3. The molecule has 4 heterocycles. The first-order chi connectivity index (χ1) is 20.5. The van der Waals surface area contributed by atoms with Crippen molar-refractivity contribution in [2.75, 3.05) is 25.5 Å². The predicted octanol–water partition coefficient (Wildman–Crippen LogP) is 2.73. The normalized spacial score (nSPS) is 23.2. The van der Waals surface area contributed by atoms with Crippen LogP contribution in [0.3, 0.4) is 0 Å². The Hall–Kier alpha value is -4.80. The van der Waals surface area contributed by atoms with Crippen LogP contribution in [0.5, 0.6) is 0 Å². The van der Waals surface area contributed by atoms with Gasteiger partial charge in [0, 0.05) is 32.4 Å². The van der Waals surface area contributed by atoms with Crippen LogP contribution < -0.4 is 10.2 Å². The van der Waals surface area contributed by atoms with Crippen LogP contribution in [0.15, 0.2) is 54.1 Å². The van der Waals surface area contributed by atoms with Crippen LogP contribution in [-0.2, 0) is 32.0 Å². The smallest absolute Gasteiger partial charge is 0.332 e. The quantitative estimate of drug-likeness (QED) is 0.326. The number of nitrogens with one attached hydrogen (secondary N) is 1. The molecular formula is C32H33N5O6. The first-order valence-electron chi connectivity index (χ1n) is 14.5. The van der Waals surface area contributed by atoms with Crippen molar-refractivity contribution < 1.29 is 28.8 Å². The van der Waals surface area contributed by atoms with Crippen LogP contribution in [0.4, 0.5) is 15.3 Å². The summed E-state index contributed by atoms with van der Waals surface area (Å²) in [5, 5.41) is 2.29. The number of anilines is 1. The number of imide groups is 4. The molecule has 0 aromatic heterocycles. The SMILES string of the molecule is CC(CCc1ccccc1)N1C(=O)NC(=O)/C(=C\c2ccc3c(c2)CC2(C(=O)N(C)C(=O)N(C)C2=O)C2CCCN32)C1=O. The van der Waals surface area contributed by atoms with E-state index < -0.39 is 47.1 Å². The maximum absolute atomic E-state index is 13.7. The van der Waals surface area contributed by atoms with Gasteiger partial charge in [0.1, 0.15) is 5.57 Å². The zero-order valence-corrected chi connectivity index (χ0v) is 24.3. The molecule has 1 spiro atoms. The van der Waals surface area contributed by atoms with E-state index in [2.05, 4.69) is 10.2 Å². The fraction of sp³-hybridized carbons (Fsp3) is 0.375. The summed E-state index contributed by atoms with van der Waals surface area (Å²) in [5.41, 5.74) is 1.55. The van der Waals surface area contributed by atoms with Crippen molar-refractivity contribution in [3.05, 3.63) is 70.8 Å². The average Bonchev–Trinajstić information content (AvgIpc) is 3.50. The van der Waals surface area contributed by atoms with Crippen LogP contribution >= 0.6 is 0 Å². The molecule has 11 heteroatoms. The minimum absolute atomic E-state index is 0.0847. The summed E-state index contributed by atoms with van der Waals surface area (Å²) in [6.45, 7) is 2.43. The molecule has 3 fully saturated rings. The van der Waals surface area contributed by atoms with Crippen LogP contribution in [0.1, 0.15) is 42.9 Å². The molecule has 6 rings (SSSR count). The Balaban J connectivity index is 1.31. The second-order valence-electron chi connectivity index (χ2n) is 11.8. The summed E-state index contributed by atoms with van der Waals surface area (Å²) in [6.07, 6.45) is 4.14. The maximum atomic E-state index is 13.7. The minimum atomic E-state index is -1.46. The van der Waals surface area contributed by atoms with Crippen molar-refractivity contribution in [1.82, 2.24) is 20.0 Å². The molecule has 0 bridgehead atoms. The Morgan fingerprint density at radius 2 is 1.67 bits per heavy atom. The molecule has 4 aliphatic heterocycles. The van der Waals surface area contributed by atoms with Crippen LogP contribution in [-0.4, -0.2) is 83.1 Å². The molecule has 43 heavy (non-hydrogen) atoms. The molecule has 2 unspecified atom stereocenters. The molecule has 2 aromatic rings. The Labute approximate surface area is 249 Å². The standard InChI is InChI=1S/C32H33N5O6/c1-19(11-12-20-8-5-4-6-9-20)37-27(39)23(26(38)33-30(37)42)17-21-13-14-24-22(16-21)18-32(25-10-7-15-36(24)25)28(40)34(2)31(43)35(3)29(32)41/h4-6,8-9,13-14,16-17,19,25H,7,10-12,15,18H2,1-3H3,(H,33,38,42)/b23-17+. The van der Waals surface area contributed by atoms with Crippen molar-refractivity contribution in [3.63, 3.8) is 0 Å². The number of barbiturate groups is 2. The topological polar surface area (TPSA) is 127 Å². The van der Waals surface area contributed by atoms with Gasteiger partial charge in [-0.2, -0.15) is 0 Å². The Kier molecular flexibility index (Phi) is 6.90. The maximum Gasteiger partial charge on any atom is 0.332 e. The number of amides is 8. The number of benzene rings is 2. The third-order valence-electron chi connectivity index (χ3n) is 9.23. The minimum Gasteiger partial charge on any atom is -0.367 e. The fourth-order valence-electron chi connectivity index (χ4n) is 7.02. The highest BCUT2D eigenvalue weighted by molar-refractivity contribution is 6.31. The molecule has 4 aliphatic rings. The van der Waals surface area contributed by atoms with Crippen molar-refractivity contribution in [3.8, 4) is 0 Å². The lowest BCUT2D eigenvalue weighted by molar-refractivity contribution is -0.159. The monoisotopic (exact) mass is 583 g/mol. The average molecular weight is 584 g/mol. The van der Waals surface area contributed by atoms with Gasteiger partial charge < -0.3 is 4.90 Å². The highest BCUT2D eigenvalue weighted by Crippen LogP contribution is 2.49. The lowest BCUT2D eigenvalue weighted by Gasteiger charge is -2.50. The van der Waals surface area contributed by atoms with E-state index in [4.69, 9.17) is 0 Å². The molecular weight excluding hydrogens is 550 g/mol. The second kappa shape index (κ2) is 10.5. The van der Waals surface area contributed by atoms with Gasteiger partial charge in [0.05, 0.1) is 6.04 Å². The number of nitrogens with zero attached hydrogens (tertiary/aromatic N) is 4. The van der Waals surface area contributed by atoms with Crippen molar-refractivity contribution >= 4 is 47.5 Å². The summed E-state index contributed by atoms with van der Waals surface area (Å²) in [5.74, 6) is -2.50. The van der Waals surface area contributed by atoms with Gasteiger partial charge >= 0.3 is 12.1 Å². The largest absolute Gasteiger partial charge is 0.367 e. The van der Waals surface area contributed by atoms with Gasteiger partial charge in [-0.25, -0.2) is 9.59 Å². The summed E-state index contributed by atoms with van der Waals surface area (Å²) in [4.78, 5) is 84.1. The van der Waals surface area contributed by atoms with E-state index in [1.54, 1.807) is 19.1 Å². The third kappa shape index (κ3) is 4.41. The highest BCUT2D eigenvalue weighted by atomic mass is 16.2. The highest BCUT2D eigenvalue weighted by Gasteiger charge is 2.63. The van der Waals surface area contributed by atoms with Crippen LogP contribution in [0.25, 0.3) is 6.08 Å². The molecule has 222 valence electrons. The van der Waals surface area contributed by atoms with E-state index in [-0.39, 0.29) is 18.0 Å². The molecule has 2 atom stereocenters. The number of hydrogen-bond donors (Lipinski definition) is 1. The number of aryl methyl sites for hydroxylation is 1. The molecule has 11 nitrogen and oxygen atoms in total.